The molecule has 0 radical (unpaired) electrons. The van der Waals surface area contributed by atoms with Crippen molar-refractivity contribution in [1.82, 2.24) is 15.0 Å². The van der Waals surface area contributed by atoms with Crippen LogP contribution in [-0.4, -0.2) is 26.0 Å². The quantitative estimate of drug-likeness (QED) is 0.904. The summed E-state index contributed by atoms with van der Waals surface area (Å²) >= 11 is 0. The summed E-state index contributed by atoms with van der Waals surface area (Å²) in [6.07, 6.45) is 5.05. The van der Waals surface area contributed by atoms with E-state index in [1.165, 1.54) is 18.3 Å². The van der Waals surface area contributed by atoms with E-state index in [0.717, 1.165) is 18.7 Å². The molecule has 0 spiro atoms. The average molecular weight is 271 g/mol. The van der Waals surface area contributed by atoms with Crippen molar-refractivity contribution in [2.45, 2.75) is 26.7 Å². The second kappa shape index (κ2) is 6.23. The number of carbonyl (C=O) groups is 1. The van der Waals surface area contributed by atoms with Crippen molar-refractivity contribution in [3.8, 4) is 11.4 Å². The number of carboxylic acids is 1. The third-order valence-electron chi connectivity index (χ3n) is 3.20. The Hall–Kier alpha value is -2.30. The zero-order valence-electron chi connectivity index (χ0n) is 11.6. The zero-order chi connectivity index (χ0) is 14.5. The first-order valence-electron chi connectivity index (χ1n) is 6.61. The van der Waals surface area contributed by atoms with Crippen molar-refractivity contribution < 1.29 is 9.90 Å². The Morgan fingerprint density at radius 2 is 2.00 bits per heavy atom. The van der Waals surface area contributed by atoms with Gasteiger partial charge in [-0.1, -0.05) is 20.3 Å². The number of carboxylic acid groups (broad SMARTS) is 1. The van der Waals surface area contributed by atoms with Gasteiger partial charge in [0.05, 0.1) is 17.0 Å². The monoisotopic (exact) mass is 271 g/mol. The maximum Gasteiger partial charge on any atom is 0.335 e. The fourth-order valence-corrected chi connectivity index (χ4v) is 1.80. The van der Waals surface area contributed by atoms with E-state index in [9.17, 15) is 4.79 Å². The van der Waals surface area contributed by atoms with Crippen molar-refractivity contribution in [2.24, 2.45) is 5.92 Å². The number of hydrogen-bond acceptors (Lipinski definition) is 4. The summed E-state index contributed by atoms with van der Waals surface area (Å²) in [7, 11) is 0. The first-order chi connectivity index (χ1) is 9.60. The highest BCUT2D eigenvalue weighted by atomic mass is 16.4. The number of pyridine rings is 1. The first-order valence-corrected chi connectivity index (χ1v) is 6.61. The maximum atomic E-state index is 11.0. The van der Waals surface area contributed by atoms with Crippen LogP contribution in [0.2, 0.25) is 0 Å². The number of rotatable bonds is 5. The lowest BCUT2D eigenvalue weighted by molar-refractivity contribution is 0.0697. The Morgan fingerprint density at radius 3 is 2.70 bits per heavy atom. The maximum absolute atomic E-state index is 11.0. The lowest BCUT2D eigenvalue weighted by atomic mass is 10.0. The molecule has 5 heteroatoms. The summed E-state index contributed by atoms with van der Waals surface area (Å²) in [5, 5.41) is 9.00. The molecule has 2 aromatic rings. The molecule has 1 atom stereocenters. The summed E-state index contributed by atoms with van der Waals surface area (Å²) in [6, 6.07) is 4.73. The molecule has 20 heavy (non-hydrogen) atoms. The van der Waals surface area contributed by atoms with Gasteiger partial charge in [-0.05, 0) is 24.1 Å². The van der Waals surface area contributed by atoms with E-state index in [-0.39, 0.29) is 5.56 Å². The summed E-state index contributed by atoms with van der Waals surface area (Å²) in [5.41, 5.74) is 1.41. The molecular formula is C15H17N3O2. The van der Waals surface area contributed by atoms with Gasteiger partial charge in [-0.15, -0.1) is 0 Å². The predicted molar refractivity (Wildman–Crippen MR) is 75.4 cm³/mol. The SMILES string of the molecule is CC[C@H](C)Cc1nccc(-c2cc(C(=O)O)ccn2)n1. The Morgan fingerprint density at radius 1 is 1.25 bits per heavy atom. The van der Waals surface area contributed by atoms with E-state index >= 15 is 0 Å². The second-order valence-corrected chi connectivity index (χ2v) is 4.81. The Labute approximate surface area is 117 Å². The van der Waals surface area contributed by atoms with Crippen LogP contribution in [-0.2, 0) is 6.42 Å². The summed E-state index contributed by atoms with van der Waals surface area (Å²) in [4.78, 5) is 23.9. The van der Waals surface area contributed by atoms with Crippen LogP contribution < -0.4 is 0 Å². The highest BCUT2D eigenvalue weighted by molar-refractivity contribution is 5.88. The predicted octanol–water partition coefficient (Wildman–Crippen LogP) is 2.83. The summed E-state index contributed by atoms with van der Waals surface area (Å²) < 4.78 is 0. The Balaban J connectivity index is 2.31. The standard InChI is InChI=1S/C15H17N3O2/c1-3-10(2)8-14-17-7-5-12(18-14)13-9-11(15(19)20)4-6-16-13/h4-7,9-10H,3,8H2,1-2H3,(H,19,20)/t10-/m0/s1. The Bertz CT molecular complexity index is 614. The lowest BCUT2D eigenvalue weighted by Crippen LogP contribution is -2.04. The lowest BCUT2D eigenvalue weighted by Gasteiger charge is -2.08. The molecule has 0 aliphatic rings. The van der Waals surface area contributed by atoms with Gasteiger partial charge in [0.25, 0.3) is 0 Å². The van der Waals surface area contributed by atoms with Crippen molar-refractivity contribution in [1.29, 1.82) is 0 Å². The summed E-state index contributed by atoms with van der Waals surface area (Å²) in [6.45, 7) is 4.28. The minimum absolute atomic E-state index is 0.206. The molecule has 0 aliphatic heterocycles. The molecule has 1 N–H and O–H groups in total. The highest BCUT2D eigenvalue weighted by Gasteiger charge is 2.09. The van der Waals surface area contributed by atoms with Crippen molar-refractivity contribution in [3.63, 3.8) is 0 Å². The second-order valence-electron chi connectivity index (χ2n) is 4.81. The van der Waals surface area contributed by atoms with Crippen LogP contribution in [0.25, 0.3) is 11.4 Å². The van der Waals surface area contributed by atoms with Crippen LogP contribution in [0, 0.1) is 5.92 Å². The van der Waals surface area contributed by atoms with Crippen LogP contribution in [0.1, 0.15) is 36.5 Å². The molecule has 0 amide bonds. The van der Waals surface area contributed by atoms with Crippen LogP contribution in [0.3, 0.4) is 0 Å². The molecule has 104 valence electrons. The van der Waals surface area contributed by atoms with Crippen molar-refractivity contribution in [2.75, 3.05) is 0 Å². The van der Waals surface area contributed by atoms with E-state index in [0.29, 0.717) is 17.3 Å². The zero-order valence-corrected chi connectivity index (χ0v) is 11.6. The fourth-order valence-electron chi connectivity index (χ4n) is 1.80. The average Bonchev–Trinajstić information content (AvgIpc) is 2.47. The third kappa shape index (κ3) is 3.38. The molecule has 0 aromatic carbocycles. The van der Waals surface area contributed by atoms with Gasteiger partial charge in [-0.3, -0.25) is 4.98 Å². The van der Waals surface area contributed by atoms with Gasteiger partial charge in [-0.25, -0.2) is 14.8 Å². The van der Waals surface area contributed by atoms with Crippen molar-refractivity contribution in [3.05, 3.63) is 42.0 Å². The van der Waals surface area contributed by atoms with Gasteiger partial charge in [0.1, 0.15) is 5.82 Å². The molecule has 0 aliphatic carbocycles. The number of aromatic nitrogens is 3. The van der Waals surface area contributed by atoms with E-state index in [1.54, 1.807) is 12.3 Å². The number of hydrogen-bond donors (Lipinski definition) is 1. The topological polar surface area (TPSA) is 76.0 Å². The normalized spacial score (nSPS) is 12.1. The van der Waals surface area contributed by atoms with Gasteiger partial charge in [-0.2, -0.15) is 0 Å². The van der Waals surface area contributed by atoms with Gasteiger partial charge in [0.2, 0.25) is 0 Å². The van der Waals surface area contributed by atoms with E-state index < -0.39 is 5.97 Å². The van der Waals surface area contributed by atoms with Crippen LogP contribution in [0.5, 0.6) is 0 Å². The largest absolute Gasteiger partial charge is 0.478 e. The smallest absolute Gasteiger partial charge is 0.335 e. The van der Waals surface area contributed by atoms with Crippen LogP contribution in [0.15, 0.2) is 30.6 Å². The van der Waals surface area contributed by atoms with E-state index in [1.807, 2.05) is 0 Å². The number of nitrogens with zero attached hydrogens (tertiary/aromatic N) is 3. The first kappa shape index (κ1) is 14.1. The molecular weight excluding hydrogens is 254 g/mol. The minimum Gasteiger partial charge on any atom is -0.478 e. The molecule has 5 nitrogen and oxygen atoms in total. The molecule has 2 aromatic heterocycles. The third-order valence-corrected chi connectivity index (χ3v) is 3.20. The molecule has 0 saturated heterocycles. The molecule has 2 rings (SSSR count). The number of aromatic carboxylic acids is 1. The van der Waals surface area contributed by atoms with Crippen LogP contribution >= 0.6 is 0 Å². The van der Waals surface area contributed by atoms with Crippen molar-refractivity contribution >= 4 is 5.97 Å². The van der Waals surface area contributed by atoms with E-state index in [2.05, 4.69) is 28.8 Å². The molecule has 2 heterocycles. The van der Waals surface area contributed by atoms with Crippen LogP contribution in [0.4, 0.5) is 0 Å². The van der Waals surface area contributed by atoms with Gasteiger partial charge in [0.15, 0.2) is 0 Å². The van der Waals surface area contributed by atoms with Gasteiger partial charge >= 0.3 is 5.97 Å². The molecule has 0 bridgehead atoms. The molecule has 0 unspecified atom stereocenters. The van der Waals surface area contributed by atoms with Gasteiger partial charge < -0.3 is 5.11 Å². The molecule has 0 saturated carbocycles. The highest BCUT2D eigenvalue weighted by Crippen LogP contribution is 2.16. The summed E-state index contributed by atoms with van der Waals surface area (Å²) in [5.74, 6) is 0.311. The van der Waals surface area contributed by atoms with E-state index in [4.69, 9.17) is 5.11 Å². The fraction of sp³-hybridized carbons (Fsp3) is 0.333. The minimum atomic E-state index is -0.970. The van der Waals surface area contributed by atoms with Gasteiger partial charge in [0, 0.05) is 18.8 Å². The Kier molecular flexibility index (Phi) is 4.40. The molecule has 0 fully saturated rings.